The van der Waals surface area contributed by atoms with Gasteiger partial charge in [0.1, 0.15) is 35.1 Å². The van der Waals surface area contributed by atoms with Gasteiger partial charge in [-0.1, -0.05) is 38.4 Å². The number of rotatable bonds is 11. The molecule has 2 aliphatic carbocycles. The number of nitrogens with one attached hydrogen (secondary N) is 3. The summed E-state index contributed by atoms with van der Waals surface area (Å²) >= 11 is 6.31. The molecule has 3 aliphatic rings. The van der Waals surface area contributed by atoms with Gasteiger partial charge in [0.15, 0.2) is 0 Å². The normalized spacial score (nSPS) is 25.0. The van der Waals surface area contributed by atoms with Crippen LogP contribution >= 0.6 is 11.6 Å². The molecule has 0 spiro atoms. The van der Waals surface area contributed by atoms with E-state index in [1.807, 2.05) is 0 Å². The lowest BCUT2D eigenvalue weighted by atomic mass is 9.85. The number of aromatic nitrogens is 1. The SMILES string of the molecule is [2H]C([2H])([2H])C(C)(C)[C@H](NC(=O)OC(C)(C)C)C(=O)N1C[C@H](Oc2ncc(OC)c3ccc(Cl)cc23)C[C@H]1C(=O)N[C@]1(C(=O)NS(=O)(=O)C2CC2)C[C@H]1C=C. The number of sulfonamides is 1. The minimum absolute atomic E-state index is 0.0479. The van der Waals surface area contributed by atoms with Crippen LogP contribution in [0.15, 0.2) is 37.1 Å². The Morgan fingerprint density at radius 3 is 2.47 bits per heavy atom. The zero-order valence-corrected chi connectivity index (χ0v) is 30.9. The van der Waals surface area contributed by atoms with Crippen LogP contribution < -0.4 is 24.8 Å². The summed E-state index contributed by atoms with van der Waals surface area (Å²) < 4.78 is 69.4. The van der Waals surface area contributed by atoms with E-state index in [2.05, 4.69) is 26.9 Å². The molecule has 3 N–H and O–H groups in total. The molecule has 5 atom stereocenters. The molecular weight excluding hydrogens is 702 g/mol. The zero-order valence-electron chi connectivity index (χ0n) is 32.4. The average Bonchev–Trinajstić information content (AvgIpc) is 3.99. The Morgan fingerprint density at radius 1 is 1.18 bits per heavy atom. The van der Waals surface area contributed by atoms with Crippen molar-refractivity contribution in [3.8, 4) is 11.6 Å². The van der Waals surface area contributed by atoms with Crippen LogP contribution in [-0.2, 0) is 29.1 Å². The van der Waals surface area contributed by atoms with Crippen LogP contribution in [0.4, 0.5) is 4.79 Å². The number of carbonyl (C=O) groups excluding carboxylic acids is 4. The van der Waals surface area contributed by atoms with Crippen molar-refractivity contribution in [1.29, 1.82) is 0 Å². The fraction of sp³-hybridized carbons (Fsp3) is 0.571. The summed E-state index contributed by atoms with van der Waals surface area (Å²) in [5, 5.41) is 5.88. The number of carbonyl (C=O) groups is 4. The molecule has 14 nitrogen and oxygen atoms in total. The second-order valence-electron chi connectivity index (χ2n) is 14.8. The van der Waals surface area contributed by atoms with Gasteiger partial charge in [0.25, 0.3) is 5.91 Å². The number of nitrogens with zero attached hydrogens (tertiary/aromatic N) is 2. The van der Waals surface area contributed by atoms with Crippen LogP contribution in [0, 0.1) is 11.3 Å². The highest BCUT2D eigenvalue weighted by Gasteiger charge is 2.62. The number of benzene rings is 1. The summed E-state index contributed by atoms with van der Waals surface area (Å²) in [4.78, 5) is 61.0. The molecule has 0 bridgehead atoms. The number of amides is 4. The molecule has 16 heteroatoms. The minimum atomic E-state index is -3.98. The van der Waals surface area contributed by atoms with Crippen molar-refractivity contribution in [2.75, 3.05) is 13.7 Å². The highest BCUT2D eigenvalue weighted by Crippen LogP contribution is 2.45. The molecule has 1 aromatic carbocycles. The lowest BCUT2D eigenvalue weighted by Crippen LogP contribution is -2.60. The van der Waals surface area contributed by atoms with Crippen LogP contribution in [-0.4, -0.2) is 90.3 Å². The number of hydrogen-bond acceptors (Lipinski definition) is 10. The van der Waals surface area contributed by atoms with E-state index in [-0.39, 0.29) is 25.3 Å². The van der Waals surface area contributed by atoms with E-state index >= 15 is 0 Å². The molecular formula is C35H46ClN5O9S. The van der Waals surface area contributed by atoms with E-state index in [0.29, 0.717) is 34.4 Å². The number of alkyl carbamates (subject to hydrolysis) is 1. The first kappa shape index (κ1) is 34.0. The molecule has 0 unspecified atom stereocenters. The Bertz CT molecular complexity index is 1970. The van der Waals surface area contributed by atoms with E-state index in [1.54, 1.807) is 39.0 Å². The van der Waals surface area contributed by atoms with E-state index in [1.165, 1.54) is 33.2 Å². The fourth-order valence-electron chi connectivity index (χ4n) is 6.12. The number of halogens is 1. The molecule has 278 valence electrons. The van der Waals surface area contributed by atoms with Gasteiger partial charge in [0.2, 0.25) is 27.7 Å². The topological polar surface area (TPSA) is 182 Å². The van der Waals surface area contributed by atoms with Crippen LogP contribution in [0.1, 0.15) is 71.3 Å². The van der Waals surface area contributed by atoms with Crippen molar-refractivity contribution < 1.29 is 45.9 Å². The predicted molar refractivity (Wildman–Crippen MR) is 190 cm³/mol. The first-order valence-corrected chi connectivity index (χ1v) is 18.5. The van der Waals surface area contributed by atoms with Crippen molar-refractivity contribution in [3.05, 3.63) is 42.1 Å². The Balaban J connectivity index is 1.51. The maximum atomic E-state index is 14.6. The minimum Gasteiger partial charge on any atom is -0.494 e. The van der Waals surface area contributed by atoms with Crippen molar-refractivity contribution >= 4 is 56.2 Å². The summed E-state index contributed by atoms with van der Waals surface area (Å²) in [7, 11) is -2.50. The maximum Gasteiger partial charge on any atom is 0.408 e. The van der Waals surface area contributed by atoms with Crippen molar-refractivity contribution in [1.82, 2.24) is 25.2 Å². The molecule has 4 amide bonds. The first-order valence-electron chi connectivity index (χ1n) is 18.0. The highest BCUT2D eigenvalue weighted by molar-refractivity contribution is 7.91. The van der Waals surface area contributed by atoms with Crippen molar-refractivity contribution in [2.24, 2.45) is 11.3 Å². The molecule has 3 fully saturated rings. The van der Waals surface area contributed by atoms with Gasteiger partial charge in [-0.3, -0.25) is 19.1 Å². The Labute approximate surface area is 307 Å². The third-order valence-electron chi connectivity index (χ3n) is 9.00. The van der Waals surface area contributed by atoms with Gasteiger partial charge in [-0.25, -0.2) is 18.2 Å². The molecule has 2 aromatic rings. The van der Waals surface area contributed by atoms with Gasteiger partial charge in [-0.2, -0.15) is 0 Å². The smallest absolute Gasteiger partial charge is 0.408 e. The van der Waals surface area contributed by atoms with Gasteiger partial charge in [0, 0.05) is 32.2 Å². The third kappa shape index (κ3) is 8.35. The summed E-state index contributed by atoms with van der Waals surface area (Å²) in [6, 6.07) is 1.86. The van der Waals surface area contributed by atoms with Crippen molar-refractivity contribution in [2.45, 2.75) is 102 Å². The number of hydrogen-bond donors (Lipinski definition) is 3. The molecule has 1 saturated heterocycles. The second kappa shape index (κ2) is 13.8. The summed E-state index contributed by atoms with van der Waals surface area (Å²) in [6.07, 6.45) is 1.57. The lowest BCUT2D eigenvalue weighted by Gasteiger charge is -2.36. The quantitative estimate of drug-likeness (QED) is 0.285. The fourth-order valence-corrected chi connectivity index (χ4v) is 7.65. The Hall–Kier alpha value is -4.11. The number of fused-ring (bicyclic) bond motifs is 1. The van der Waals surface area contributed by atoms with Crippen molar-refractivity contribution in [3.63, 3.8) is 0 Å². The third-order valence-corrected chi connectivity index (χ3v) is 11.1. The average molecular weight is 751 g/mol. The molecule has 2 heterocycles. The summed E-state index contributed by atoms with van der Waals surface area (Å²) in [5.74, 6) is -2.79. The lowest BCUT2D eigenvalue weighted by molar-refractivity contribution is -0.143. The molecule has 51 heavy (non-hydrogen) atoms. The molecule has 1 aromatic heterocycles. The molecule has 2 saturated carbocycles. The monoisotopic (exact) mass is 750 g/mol. The highest BCUT2D eigenvalue weighted by atomic mass is 35.5. The standard InChI is InChI=1S/C35H46ClN5O9S/c1-9-19-16-35(19,31(44)40-51(46,47)22-11-12-22)39-28(42)25-15-21(49-29-24-14-20(36)10-13-23(24)26(48-8)17-37-29)18-41(25)30(43)27(33(2,3)4)38-32(45)50-34(5,6)7/h9-10,13-14,17,19,21-22,25,27H,1,11-12,15-16,18H2,2-8H3,(H,38,45)(H,39,42)(H,40,44)/t19-,21-,25+,27-,35-/m1/s1/i2D3. The van der Waals surface area contributed by atoms with E-state index in [9.17, 15) is 27.6 Å². The van der Waals surface area contributed by atoms with E-state index in [4.69, 9.17) is 29.9 Å². The van der Waals surface area contributed by atoms with Gasteiger partial charge in [0.05, 0.1) is 25.1 Å². The molecule has 1 aliphatic heterocycles. The predicted octanol–water partition coefficient (Wildman–Crippen LogP) is 3.85. The maximum absolute atomic E-state index is 14.6. The van der Waals surface area contributed by atoms with Gasteiger partial charge in [-0.15, -0.1) is 6.58 Å². The largest absolute Gasteiger partial charge is 0.494 e. The van der Waals surface area contributed by atoms with Crippen LogP contribution in [0.25, 0.3) is 10.8 Å². The van der Waals surface area contributed by atoms with Gasteiger partial charge < -0.3 is 29.7 Å². The van der Waals surface area contributed by atoms with E-state index in [0.717, 1.165) is 4.90 Å². The first-order chi connectivity index (χ1) is 24.9. The van der Waals surface area contributed by atoms with E-state index < -0.39 is 86.6 Å². The Morgan fingerprint density at radius 2 is 1.88 bits per heavy atom. The van der Waals surface area contributed by atoms with Crippen LogP contribution in [0.3, 0.4) is 0 Å². The zero-order chi connectivity index (χ0) is 40.2. The second-order valence-corrected chi connectivity index (χ2v) is 17.2. The Kier molecular flexibility index (Phi) is 9.19. The number of pyridine rings is 1. The summed E-state index contributed by atoms with van der Waals surface area (Å²) in [6.45, 7) is 8.02. The number of methoxy groups -OCH3 is 1. The van der Waals surface area contributed by atoms with Gasteiger partial charge >= 0.3 is 6.09 Å². The number of ether oxygens (including phenoxy) is 3. The number of likely N-dealkylation sites (tertiary alicyclic amines) is 1. The van der Waals surface area contributed by atoms with Crippen LogP contribution in [0.2, 0.25) is 5.02 Å². The molecule has 5 rings (SSSR count). The molecule has 0 radical (unpaired) electrons. The van der Waals surface area contributed by atoms with Gasteiger partial charge in [-0.05, 0) is 63.6 Å². The summed E-state index contributed by atoms with van der Waals surface area (Å²) in [5.41, 5.74) is -4.57. The van der Waals surface area contributed by atoms with Crippen LogP contribution in [0.5, 0.6) is 11.6 Å².